The highest BCUT2D eigenvalue weighted by atomic mass is 32.2. The molecule has 2 aromatic carbocycles. The third-order valence-electron chi connectivity index (χ3n) is 3.30. The molecule has 0 spiro atoms. The minimum atomic E-state index is 1.26. The standard InChI is InChI=1S/C19H16S/c1-15-7-12-19(20-14-13-15)18-10-8-17(9-11-18)16-5-3-2-4-6-16/h2-14H,1H3. The zero-order valence-corrected chi connectivity index (χ0v) is 12.2. The van der Waals surface area contributed by atoms with Gasteiger partial charge in [0.25, 0.3) is 0 Å². The van der Waals surface area contributed by atoms with Gasteiger partial charge in [-0.25, -0.2) is 0 Å². The molecule has 0 saturated heterocycles. The largest absolute Gasteiger partial charge is 0.0974 e. The Hall–Kier alpha value is -1.99. The van der Waals surface area contributed by atoms with Gasteiger partial charge in [0.1, 0.15) is 0 Å². The van der Waals surface area contributed by atoms with Crippen molar-refractivity contribution in [3.05, 3.63) is 89.4 Å². The SMILES string of the molecule is CC1=CC=C(c2ccc(-c3ccccc3)cc2)SC=C1. The molecule has 1 aliphatic rings. The Morgan fingerprint density at radius 1 is 0.700 bits per heavy atom. The fraction of sp³-hybridized carbons (Fsp3) is 0.0526. The van der Waals surface area contributed by atoms with Gasteiger partial charge in [0.05, 0.1) is 0 Å². The minimum Gasteiger partial charge on any atom is -0.0974 e. The zero-order chi connectivity index (χ0) is 13.8. The van der Waals surface area contributed by atoms with Gasteiger partial charge in [-0.05, 0) is 35.1 Å². The maximum absolute atomic E-state index is 2.20. The fourth-order valence-corrected chi connectivity index (χ4v) is 2.99. The Kier molecular flexibility index (Phi) is 3.89. The minimum absolute atomic E-state index is 1.26. The summed E-state index contributed by atoms with van der Waals surface area (Å²) >= 11 is 1.77. The van der Waals surface area contributed by atoms with Crippen molar-refractivity contribution in [2.75, 3.05) is 0 Å². The fourth-order valence-electron chi connectivity index (χ4n) is 2.14. The Bertz CT molecular complexity index is 673. The topological polar surface area (TPSA) is 0 Å². The van der Waals surface area contributed by atoms with Crippen LogP contribution in [0.3, 0.4) is 0 Å². The number of rotatable bonds is 2. The molecule has 0 atom stereocenters. The highest BCUT2D eigenvalue weighted by Crippen LogP contribution is 2.32. The monoisotopic (exact) mass is 276 g/mol. The van der Waals surface area contributed by atoms with Crippen LogP contribution in [0.5, 0.6) is 0 Å². The third-order valence-corrected chi connectivity index (χ3v) is 4.20. The lowest BCUT2D eigenvalue weighted by atomic mass is 10.0. The zero-order valence-electron chi connectivity index (χ0n) is 11.4. The second-order valence-electron chi connectivity index (χ2n) is 4.81. The lowest BCUT2D eigenvalue weighted by Crippen LogP contribution is -1.81. The molecule has 0 nitrogen and oxygen atoms in total. The van der Waals surface area contributed by atoms with Gasteiger partial charge in [-0.15, -0.1) is 0 Å². The molecule has 0 aliphatic carbocycles. The lowest BCUT2D eigenvalue weighted by Gasteiger charge is -2.06. The van der Waals surface area contributed by atoms with Crippen molar-refractivity contribution < 1.29 is 0 Å². The summed E-state index contributed by atoms with van der Waals surface area (Å²) < 4.78 is 0. The van der Waals surface area contributed by atoms with Crippen LogP contribution < -0.4 is 0 Å². The first-order chi connectivity index (χ1) is 9.83. The van der Waals surface area contributed by atoms with Crippen LogP contribution in [-0.2, 0) is 0 Å². The highest BCUT2D eigenvalue weighted by molar-refractivity contribution is 8.10. The maximum atomic E-state index is 2.20. The van der Waals surface area contributed by atoms with Crippen LogP contribution in [0, 0.1) is 0 Å². The number of hydrogen-bond donors (Lipinski definition) is 0. The summed E-state index contributed by atoms with van der Waals surface area (Å²) in [4.78, 5) is 1.29. The molecule has 2 aromatic rings. The van der Waals surface area contributed by atoms with E-state index in [1.165, 1.54) is 27.2 Å². The van der Waals surface area contributed by atoms with Crippen molar-refractivity contribution in [3.8, 4) is 11.1 Å². The molecule has 0 bridgehead atoms. The van der Waals surface area contributed by atoms with E-state index < -0.39 is 0 Å². The summed E-state index contributed by atoms with van der Waals surface area (Å²) in [6.07, 6.45) is 6.50. The predicted molar refractivity (Wildman–Crippen MR) is 90.3 cm³/mol. The molecular weight excluding hydrogens is 260 g/mol. The first kappa shape index (κ1) is 13.0. The Labute approximate surface area is 124 Å². The van der Waals surface area contributed by atoms with E-state index in [0.717, 1.165) is 0 Å². The van der Waals surface area contributed by atoms with Crippen molar-refractivity contribution in [1.82, 2.24) is 0 Å². The van der Waals surface area contributed by atoms with Gasteiger partial charge in [-0.1, -0.05) is 84.1 Å². The van der Waals surface area contributed by atoms with Crippen LogP contribution in [0.15, 0.2) is 83.8 Å². The summed E-state index contributed by atoms with van der Waals surface area (Å²) in [6, 6.07) is 19.3. The van der Waals surface area contributed by atoms with Crippen LogP contribution >= 0.6 is 11.8 Å². The molecule has 3 rings (SSSR count). The van der Waals surface area contributed by atoms with Gasteiger partial charge in [-0.3, -0.25) is 0 Å². The molecule has 0 aromatic heterocycles. The molecule has 0 radical (unpaired) electrons. The number of hydrogen-bond acceptors (Lipinski definition) is 1. The average molecular weight is 276 g/mol. The Balaban J connectivity index is 1.89. The van der Waals surface area contributed by atoms with Crippen LogP contribution in [0.4, 0.5) is 0 Å². The van der Waals surface area contributed by atoms with E-state index in [4.69, 9.17) is 0 Å². The van der Waals surface area contributed by atoms with Crippen molar-refractivity contribution >= 4 is 16.7 Å². The Morgan fingerprint density at radius 2 is 1.35 bits per heavy atom. The number of allylic oxidation sites excluding steroid dienone is 4. The van der Waals surface area contributed by atoms with E-state index in [1.807, 2.05) is 6.07 Å². The molecule has 1 heterocycles. The normalized spacial score (nSPS) is 14.4. The molecule has 1 heteroatoms. The molecule has 0 saturated carbocycles. The first-order valence-corrected chi connectivity index (χ1v) is 7.58. The molecule has 0 N–H and O–H groups in total. The summed E-state index contributed by atoms with van der Waals surface area (Å²) in [5.74, 6) is 0. The molecule has 0 fully saturated rings. The lowest BCUT2D eigenvalue weighted by molar-refractivity contribution is 1.54. The Morgan fingerprint density at radius 3 is 2.10 bits per heavy atom. The van der Waals surface area contributed by atoms with Gasteiger partial charge < -0.3 is 0 Å². The summed E-state index contributed by atoms with van der Waals surface area (Å²) in [5.41, 5.74) is 5.08. The van der Waals surface area contributed by atoms with Gasteiger partial charge in [0, 0.05) is 4.91 Å². The molecular formula is C19H16S. The first-order valence-electron chi connectivity index (χ1n) is 6.70. The second-order valence-corrected chi connectivity index (χ2v) is 5.75. The van der Waals surface area contributed by atoms with E-state index >= 15 is 0 Å². The molecule has 98 valence electrons. The van der Waals surface area contributed by atoms with Crippen molar-refractivity contribution in [3.63, 3.8) is 0 Å². The maximum Gasteiger partial charge on any atom is 0.0188 e. The molecule has 1 aliphatic heterocycles. The van der Waals surface area contributed by atoms with Crippen LogP contribution in [-0.4, -0.2) is 0 Å². The summed E-state index contributed by atoms with van der Waals surface area (Å²) in [7, 11) is 0. The smallest absolute Gasteiger partial charge is 0.0188 e. The quantitative estimate of drug-likeness (QED) is 0.658. The number of thioether (sulfide) groups is 1. The van der Waals surface area contributed by atoms with Crippen molar-refractivity contribution in [1.29, 1.82) is 0 Å². The van der Waals surface area contributed by atoms with Gasteiger partial charge in [-0.2, -0.15) is 0 Å². The van der Waals surface area contributed by atoms with Crippen LogP contribution in [0.1, 0.15) is 12.5 Å². The van der Waals surface area contributed by atoms with E-state index in [9.17, 15) is 0 Å². The second kappa shape index (κ2) is 5.98. The van der Waals surface area contributed by atoms with E-state index in [1.54, 1.807) is 11.8 Å². The van der Waals surface area contributed by atoms with Crippen LogP contribution in [0.2, 0.25) is 0 Å². The van der Waals surface area contributed by atoms with Crippen molar-refractivity contribution in [2.45, 2.75) is 6.92 Å². The van der Waals surface area contributed by atoms with Gasteiger partial charge >= 0.3 is 0 Å². The third kappa shape index (κ3) is 2.94. The summed E-state index contributed by atoms with van der Waals surface area (Å²) in [6.45, 7) is 2.12. The molecule has 0 amide bonds. The molecule has 20 heavy (non-hydrogen) atoms. The number of benzene rings is 2. The summed E-state index contributed by atoms with van der Waals surface area (Å²) in [5, 5.41) is 2.15. The van der Waals surface area contributed by atoms with Gasteiger partial charge in [0.2, 0.25) is 0 Å². The van der Waals surface area contributed by atoms with Gasteiger partial charge in [0.15, 0.2) is 0 Å². The molecule has 0 unspecified atom stereocenters. The van der Waals surface area contributed by atoms with E-state index in [2.05, 4.69) is 79.1 Å². The van der Waals surface area contributed by atoms with E-state index in [0.29, 0.717) is 0 Å². The highest BCUT2D eigenvalue weighted by Gasteiger charge is 2.03. The average Bonchev–Trinajstić information content (AvgIpc) is 2.73. The predicted octanol–water partition coefficient (Wildman–Crippen LogP) is 5.90. The van der Waals surface area contributed by atoms with Crippen LogP contribution in [0.25, 0.3) is 16.0 Å². The van der Waals surface area contributed by atoms with E-state index in [-0.39, 0.29) is 0 Å². The van der Waals surface area contributed by atoms with Crippen molar-refractivity contribution in [2.24, 2.45) is 0 Å².